The summed E-state index contributed by atoms with van der Waals surface area (Å²) in [5.41, 5.74) is 5.35. The minimum absolute atomic E-state index is 0.0352. The van der Waals surface area contributed by atoms with Crippen LogP contribution in [0, 0.1) is 0 Å². The van der Waals surface area contributed by atoms with Gasteiger partial charge in [0.25, 0.3) is 0 Å². The number of rotatable bonds is 6. The van der Waals surface area contributed by atoms with Gasteiger partial charge in [-0.2, -0.15) is 0 Å². The molecule has 9 nitrogen and oxygen atoms in total. The van der Waals surface area contributed by atoms with Gasteiger partial charge in [-0.05, 0) is 0 Å². The van der Waals surface area contributed by atoms with Crippen molar-refractivity contribution in [3.8, 4) is 0 Å². The van der Waals surface area contributed by atoms with E-state index in [1.165, 1.54) is 5.38 Å². The van der Waals surface area contributed by atoms with E-state index in [0.29, 0.717) is 5.69 Å². The number of aromatic amines is 1. The van der Waals surface area contributed by atoms with Crippen LogP contribution in [-0.2, 0) is 16.1 Å². The molecule has 1 aromatic heterocycles. The van der Waals surface area contributed by atoms with E-state index < -0.39 is 30.4 Å². The van der Waals surface area contributed by atoms with E-state index in [9.17, 15) is 19.2 Å². The Kier molecular flexibility index (Phi) is 5.06. The van der Waals surface area contributed by atoms with Gasteiger partial charge in [0.2, 0.25) is 5.91 Å². The number of carboxylic acid groups (broad SMARTS) is 1. The van der Waals surface area contributed by atoms with Crippen molar-refractivity contribution in [1.29, 1.82) is 0 Å². The molecule has 0 bridgehead atoms. The first kappa shape index (κ1) is 14.7. The Morgan fingerprint density at radius 3 is 2.63 bits per heavy atom. The summed E-state index contributed by atoms with van der Waals surface area (Å²) in [7, 11) is 0. The number of aliphatic carboxylic acids is 1. The molecule has 0 saturated carbocycles. The highest BCUT2D eigenvalue weighted by Gasteiger charge is 2.21. The first-order valence-corrected chi connectivity index (χ1v) is 5.98. The molecular formula is C9H12N4O5S. The lowest BCUT2D eigenvalue weighted by Crippen LogP contribution is -2.47. The first-order valence-electron chi connectivity index (χ1n) is 5.10. The topological polar surface area (TPSA) is 154 Å². The van der Waals surface area contributed by atoms with Crippen LogP contribution in [0.1, 0.15) is 12.1 Å². The highest BCUT2D eigenvalue weighted by Crippen LogP contribution is 1.95. The number of carbonyl (C=O) groups excluding carboxylic acids is 2. The Labute approximate surface area is 110 Å². The molecule has 0 fully saturated rings. The number of nitrogens with one attached hydrogen (secondary N) is 3. The number of carbonyl (C=O) groups is 3. The van der Waals surface area contributed by atoms with Gasteiger partial charge in [-0.1, -0.05) is 11.3 Å². The van der Waals surface area contributed by atoms with Gasteiger partial charge < -0.3 is 26.5 Å². The van der Waals surface area contributed by atoms with Crippen molar-refractivity contribution in [2.45, 2.75) is 19.0 Å². The fraction of sp³-hybridized carbons (Fsp3) is 0.333. The Hall–Kier alpha value is -2.36. The van der Waals surface area contributed by atoms with E-state index in [1.807, 2.05) is 0 Å². The lowest BCUT2D eigenvalue weighted by atomic mass is 10.2. The summed E-state index contributed by atoms with van der Waals surface area (Å²) < 4.78 is 0. The molecule has 0 aliphatic rings. The van der Waals surface area contributed by atoms with Crippen LogP contribution in [0.5, 0.6) is 0 Å². The van der Waals surface area contributed by atoms with Crippen LogP contribution >= 0.6 is 11.3 Å². The lowest BCUT2D eigenvalue weighted by molar-refractivity contribution is -0.140. The average molecular weight is 288 g/mol. The van der Waals surface area contributed by atoms with Crippen LogP contribution in [0.4, 0.5) is 4.79 Å². The quantitative estimate of drug-likeness (QED) is 0.434. The Balaban J connectivity index is 2.46. The maximum Gasteiger partial charge on any atom is 0.326 e. The molecule has 1 rings (SSSR count). The van der Waals surface area contributed by atoms with Gasteiger partial charge in [0, 0.05) is 11.1 Å². The van der Waals surface area contributed by atoms with Gasteiger partial charge in [0.1, 0.15) is 6.04 Å². The van der Waals surface area contributed by atoms with Crippen molar-refractivity contribution < 1.29 is 19.5 Å². The summed E-state index contributed by atoms with van der Waals surface area (Å²) >= 11 is 0.945. The number of H-pyrrole nitrogens is 1. The average Bonchev–Trinajstić information content (AvgIpc) is 2.71. The number of carboxylic acids is 1. The van der Waals surface area contributed by atoms with Crippen molar-refractivity contribution in [3.05, 3.63) is 20.7 Å². The Morgan fingerprint density at radius 2 is 2.16 bits per heavy atom. The van der Waals surface area contributed by atoms with Gasteiger partial charge in [0.05, 0.1) is 13.0 Å². The number of hydrogen-bond donors (Lipinski definition) is 5. The molecule has 0 spiro atoms. The third-order valence-electron chi connectivity index (χ3n) is 2.02. The predicted octanol–water partition coefficient (Wildman–Crippen LogP) is -1.44. The molecule has 104 valence electrons. The molecule has 0 aliphatic carbocycles. The second-order valence-electron chi connectivity index (χ2n) is 3.56. The zero-order valence-electron chi connectivity index (χ0n) is 9.63. The zero-order valence-corrected chi connectivity index (χ0v) is 10.5. The van der Waals surface area contributed by atoms with E-state index >= 15 is 0 Å². The van der Waals surface area contributed by atoms with Crippen LogP contribution in [0.3, 0.4) is 0 Å². The van der Waals surface area contributed by atoms with Gasteiger partial charge in [-0.15, -0.1) is 0 Å². The molecule has 10 heteroatoms. The second-order valence-corrected chi connectivity index (χ2v) is 4.40. The molecule has 0 aromatic carbocycles. The molecule has 19 heavy (non-hydrogen) atoms. The number of nitrogens with two attached hydrogens (primary N) is 1. The first-order chi connectivity index (χ1) is 8.88. The number of urea groups is 1. The fourth-order valence-corrected chi connectivity index (χ4v) is 1.77. The van der Waals surface area contributed by atoms with E-state index in [2.05, 4.69) is 15.6 Å². The Bertz CT molecular complexity index is 537. The number of aromatic nitrogens is 1. The van der Waals surface area contributed by atoms with Crippen LogP contribution in [0.2, 0.25) is 0 Å². The van der Waals surface area contributed by atoms with Gasteiger partial charge in [-0.3, -0.25) is 9.59 Å². The van der Waals surface area contributed by atoms with Gasteiger partial charge >= 0.3 is 16.9 Å². The summed E-state index contributed by atoms with van der Waals surface area (Å²) in [6.45, 7) is 0.0352. The summed E-state index contributed by atoms with van der Waals surface area (Å²) in [6.07, 6.45) is -0.502. The van der Waals surface area contributed by atoms with E-state index in [-0.39, 0.29) is 11.4 Å². The minimum Gasteiger partial charge on any atom is -0.480 e. The number of hydrogen-bond acceptors (Lipinski definition) is 5. The van der Waals surface area contributed by atoms with E-state index in [1.54, 1.807) is 0 Å². The van der Waals surface area contributed by atoms with Crippen molar-refractivity contribution in [3.63, 3.8) is 0 Å². The number of amides is 3. The molecule has 0 unspecified atom stereocenters. The highest BCUT2D eigenvalue weighted by molar-refractivity contribution is 7.07. The zero-order chi connectivity index (χ0) is 14.4. The summed E-state index contributed by atoms with van der Waals surface area (Å²) in [6, 6.07) is -2.17. The molecule has 1 heterocycles. The van der Waals surface area contributed by atoms with Crippen LogP contribution in [0.15, 0.2) is 10.2 Å². The minimum atomic E-state index is -1.39. The molecule has 3 amide bonds. The maximum atomic E-state index is 11.4. The third-order valence-corrected chi connectivity index (χ3v) is 2.74. The Morgan fingerprint density at radius 1 is 1.47 bits per heavy atom. The van der Waals surface area contributed by atoms with Crippen molar-refractivity contribution in [2.24, 2.45) is 5.73 Å². The highest BCUT2D eigenvalue weighted by atomic mass is 32.1. The molecule has 0 radical (unpaired) electrons. The summed E-state index contributed by atoms with van der Waals surface area (Å²) in [5, 5.41) is 14.7. The van der Waals surface area contributed by atoms with E-state index in [0.717, 1.165) is 11.3 Å². The molecule has 0 aliphatic heterocycles. The second kappa shape index (κ2) is 6.54. The monoisotopic (exact) mass is 288 g/mol. The maximum absolute atomic E-state index is 11.4. The molecule has 1 aromatic rings. The molecule has 6 N–H and O–H groups in total. The largest absolute Gasteiger partial charge is 0.480 e. The van der Waals surface area contributed by atoms with Crippen molar-refractivity contribution >= 4 is 29.2 Å². The molecular weight excluding hydrogens is 276 g/mol. The van der Waals surface area contributed by atoms with Crippen LogP contribution in [-0.4, -0.2) is 34.0 Å². The third kappa shape index (κ3) is 5.21. The predicted molar refractivity (Wildman–Crippen MR) is 65.5 cm³/mol. The molecule has 1 atom stereocenters. The number of thiazole rings is 1. The van der Waals surface area contributed by atoms with Crippen molar-refractivity contribution in [1.82, 2.24) is 15.6 Å². The SMILES string of the molecule is NC(=O)C[C@H](NC(=O)NCc1csc(=O)[nH]1)C(=O)O. The van der Waals surface area contributed by atoms with Crippen LogP contribution in [0.25, 0.3) is 0 Å². The lowest BCUT2D eigenvalue weighted by Gasteiger charge is -2.13. The summed E-state index contributed by atoms with van der Waals surface area (Å²) in [5.74, 6) is -2.20. The standard InChI is InChI=1S/C9H12N4O5S/c10-6(14)1-5(7(15)16)13-8(17)11-2-4-3-19-9(18)12-4/h3,5H,1-2H2,(H2,10,14)(H,12,18)(H,15,16)(H2,11,13,17)/t5-/m0/s1. The smallest absolute Gasteiger partial charge is 0.326 e. The fourth-order valence-electron chi connectivity index (χ4n) is 1.19. The van der Waals surface area contributed by atoms with Crippen molar-refractivity contribution in [2.75, 3.05) is 0 Å². The molecule has 0 saturated heterocycles. The van der Waals surface area contributed by atoms with Gasteiger partial charge in [-0.25, -0.2) is 9.59 Å². The van der Waals surface area contributed by atoms with E-state index in [4.69, 9.17) is 10.8 Å². The van der Waals surface area contributed by atoms with Gasteiger partial charge in [0.15, 0.2) is 0 Å². The van der Waals surface area contributed by atoms with Crippen LogP contribution < -0.4 is 21.2 Å². The number of primary amides is 1. The normalized spacial score (nSPS) is 11.6. The summed E-state index contributed by atoms with van der Waals surface area (Å²) in [4.78, 5) is 45.8.